The van der Waals surface area contributed by atoms with E-state index in [0.717, 1.165) is 0 Å². The van der Waals surface area contributed by atoms with Crippen molar-refractivity contribution in [1.82, 2.24) is 0 Å². The molecule has 0 radical (unpaired) electrons. The molecule has 0 saturated carbocycles. The van der Waals surface area contributed by atoms with Crippen molar-refractivity contribution in [1.29, 1.82) is 0 Å². The third-order valence-corrected chi connectivity index (χ3v) is 4.73. The SMILES string of the molecule is COc1ccc(/C(O)=C2/C(=O)C(=O)N(c3ccc(F)cc3)C2c2ccco2)cc1. The van der Waals surface area contributed by atoms with E-state index in [-0.39, 0.29) is 11.3 Å². The van der Waals surface area contributed by atoms with Crippen molar-refractivity contribution in [2.24, 2.45) is 0 Å². The van der Waals surface area contributed by atoms with E-state index in [9.17, 15) is 19.1 Å². The summed E-state index contributed by atoms with van der Waals surface area (Å²) in [5, 5.41) is 10.9. The lowest BCUT2D eigenvalue weighted by atomic mass is 9.99. The number of hydrogen-bond donors (Lipinski definition) is 1. The molecule has 29 heavy (non-hydrogen) atoms. The van der Waals surface area contributed by atoms with E-state index in [0.29, 0.717) is 22.8 Å². The first kappa shape index (κ1) is 18.5. The van der Waals surface area contributed by atoms with Crippen LogP contribution in [0.2, 0.25) is 0 Å². The van der Waals surface area contributed by atoms with Gasteiger partial charge < -0.3 is 14.3 Å². The fourth-order valence-corrected chi connectivity index (χ4v) is 3.32. The average molecular weight is 393 g/mol. The molecule has 1 N–H and O–H groups in total. The molecular formula is C22H16FNO5. The molecule has 1 aliphatic heterocycles. The van der Waals surface area contributed by atoms with E-state index < -0.39 is 23.5 Å². The number of ether oxygens (including phenoxy) is 1. The number of rotatable bonds is 4. The number of halogens is 1. The predicted molar refractivity (Wildman–Crippen MR) is 103 cm³/mol. The molecule has 0 bridgehead atoms. The minimum Gasteiger partial charge on any atom is -0.507 e. The van der Waals surface area contributed by atoms with E-state index in [1.807, 2.05) is 0 Å². The van der Waals surface area contributed by atoms with Gasteiger partial charge >= 0.3 is 0 Å². The van der Waals surface area contributed by atoms with Crippen LogP contribution in [0.25, 0.3) is 5.76 Å². The Morgan fingerprint density at radius 2 is 1.76 bits per heavy atom. The van der Waals surface area contributed by atoms with E-state index in [1.165, 1.54) is 42.5 Å². The zero-order valence-corrected chi connectivity index (χ0v) is 15.3. The van der Waals surface area contributed by atoms with Crippen LogP contribution >= 0.6 is 0 Å². The van der Waals surface area contributed by atoms with Crippen molar-refractivity contribution in [2.45, 2.75) is 6.04 Å². The van der Waals surface area contributed by atoms with Crippen molar-refractivity contribution in [3.63, 3.8) is 0 Å². The Labute approximate surface area is 165 Å². The summed E-state index contributed by atoms with van der Waals surface area (Å²) in [5.74, 6) is -1.63. The second kappa shape index (κ2) is 7.27. The number of carbonyl (C=O) groups excluding carboxylic acids is 2. The monoisotopic (exact) mass is 393 g/mol. The number of hydrogen-bond acceptors (Lipinski definition) is 5. The summed E-state index contributed by atoms with van der Waals surface area (Å²) in [6.07, 6.45) is 1.41. The van der Waals surface area contributed by atoms with Gasteiger partial charge in [0.1, 0.15) is 29.1 Å². The molecule has 1 fully saturated rings. The Morgan fingerprint density at radius 3 is 2.34 bits per heavy atom. The Balaban J connectivity index is 1.88. The predicted octanol–water partition coefficient (Wildman–Crippen LogP) is 4.05. The summed E-state index contributed by atoms with van der Waals surface area (Å²) in [7, 11) is 1.51. The highest BCUT2D eigenvalue weighted by Crippen LogP contribution is 2.42. The van der Waals surface area contributed by atoms with Crippen molar-refractivity contribution in [3.8, 4) is 5.75 Å². The summed E-state index contributed by atoms with van der Waals surface area (Å²) in [6.45, 7) is 0. The molecule has 1 saturated heterocycles. The molecule has 1 amide bonds. The van der Waals surface area contributed by atoms with Gasteiger partial charge in [-0.1, -0.05) is 0 Å². The maximum absolute atomic E-state index is 13.4. The first-order valence-electron chi connectivity index (χ1n) is 8.75. The smallest absolute Gasteiger partial charge is 0.300 e. The standard InChI is InChI=1S/C22H16FNO5/c1-28-16-10-4-13(5-11-16)20(25)18-19(17-3-2-12-29-17)24(22(27)21(18)26)15-8-6-14(23)7-9-15/h2-12,19,25H,1H3/b20-18-. The second-order valence-corrected chi connectivity index (χ2v) is 6.39. The third-order valence-electron chi connectivity index (χ3n) is 4.73. The minimum atomic E-state index is -0.988. The van der Waals surface area contributed by atoms with Crippen LogP contribution in [0.3, 0.4) is 0 Å². The zero-order chi connectivity index (χ0) is 20.5. The maximum atomic E-state index is 13.4. The van der Waals surface area contributed by atoms with Crippen LogP contribution in [0.5, 0.6) is 5.75 Å². The van der Waals surface area contributed by atoms with Gasteiger partial charge in [0.15, 0.2) is 0 Å². The van der Waals surface area contributed by atoms with Gasteiger partial charge in [-0.25, -0.2) is 4.39 Å². The highest BCUT2D eigenvalue weighted by Gasteiger charge is 2.48. The van der Waals surface area contributed by atoms with E-state index in [1.54, 1.807) is 36.4 Å². The average Bonchev–Trinajstić information content (AvgIpc) is 3.36. The van der Waals surface area contributed by atoms with Crippen LogP contribution in [0.15, 0.2) is 76.9 Å². The van der Waals surface area contributed by atoms with Crippen LogP contribution in [0.1, 0.15) is 17.4 Å². The van der Waals surface area contributed by atoms with Gasteiger partial charge in [0.05, 0.1) is 18.9 Å². The number of methoxy groups -OCH3 is 1. The molecule has 2 heterocycles. The fourth-order valence-electron chi connectivity index (χ4n) is 3.32. The number of amides is 1. The maximum Gasteiger partial charge on any atom is 0.300 e. The van der Waals surface area contributed by atoms with Crippen molar-refractivity contribution >= 4 is 23.1 Å². The number of ketones is 1. The lowest BCUT2D eigenvalue weighted by Gasteiger charge is -2.23. The number of Topliss-reactive ketones (excluding diaryl/α,β-unsaturated/α-hetero) is 1. The lowest BCUT2D eigenvalue weighted by Crippen LogP contribution is -2.29. The van der Waals surface area contributed by atoms with Crippen LogP contribution in [0.4, 0.5) is 10.1 Å². The van der Waals surface area contributed by atoms with Crippen LogP contribution in [0, 0.1) is 5.82 Å². The normalized spacial score (nSPS) is 18.3. The van der Waals surface area contributed by atoms with E-state index >= 15 is 0 Å². The summed E-state index contributed by atoms with van der Waals surface area (Å²) in [5.41, 5.74) is 0.544. The van der Waals surface area contributed by atoms with Gasteiger partial charge in [0.25, 0.3) is 11.7 Å². The summed E-state index contributed by atoms with van der Waals surface area (Å²) in [6, 6.07) is 13.8. The van der Waals surface area contributed by atoms with Crippen LogP contribution < -0.4 is 9.64 Å². The molecule has 6 nitrogen and oxygen atoms in total. The zero-order valence-electron chi connectivity index (χ0n) is 15.3. The molecule has 146 valence electrons. The summed E-state index contributed by atoms with van der Waals surface area (Å²) >= 11 is 0. The van der Waals surface area contributed by atoms with E-state index in [4.69, 9.17) is 9.15 Å². The first-order valence-corrected chi connectivity index (χ1v) is 8.75. The number of nitrogens with zero attached hydrogens (tertiary/aromatic N) is 1. The molecule has 1 aliphatic rings. The molecule has 1 aromatic heterocycles. The Kier molecular flexibility index (Phi) is 4.64. The second-order valence-electron chi connectivity index (χ2n) is 6.39. The van der Waals surface area contributed by atoms with Gasteiger partial charge in [-0.15, -0.1) is 0 Å². The van der Waals surface area contributed by atoms with Crippen molar-refractivity contribution in [2.75, 3.05) is 12.0 Å². The van der Waals surface area contributed by atoms with Gasteiger partial charge in [-0.05, 0) is 60.7 Å². The minimum absolute atomic E-state index is 0.112. The molecule has 0 aliphatic carbocycles. The molecule has 1 atom stereocenters. The molecule has 1 unspecified atom stereocenters. The van der Waals surface area contributed by atoms with Gasteiger partial charge in [0.2, 0.25) is 0 Å². The van der Waals surface area contributed by atoms with Crippen molar-refractivity contribution in [3.05, 3.63) is 89.6 Å². The fraction of sp³-hybridized carbons (Fsp3) is 0.0909. The summed E-state index contributed by atoms with van der Waals surface area (Å²) in [4.78, 5) is 26.9. The lowest BCUT2D eigenvalue weighted by molar-refractivity contribution is -0.132. The quantitative estimate of drug-likeness (QED) is 0.411. The topological polar surface area (TPSA) is 80.0 Å². The van der Waals surface area contributed by atoms with E-state index in [2.05, 4.69) is 0 Å². The van der Waals surface area contributed by atoms with Gasteiger partial charge in [-0.3, -0.25) is 14.5 Å². The molecule has 2 aromatic carbocycles. The van der Waals surface area contributed by atoms with Gasteiger partial charge in [-0.2, -0.15) is 0 Å². The van der Waals surface area contributed by atoms with Crippen LogP contribution in [-0.4, -0.2) is 23.9 Å². The molecular weight excluding hydrogens is 377 g/mol. The number of anilines is 1. The molecule has 7 heteroatoms. The largest absolute Gasteiger partial charge is 0.507 e. The number of aliphatic hydroxyl groups excluding tert-OH is 1. The van der Waals surface area contributed by atoms with Gasteiger partial charge in [0, 0.05) is 11.3 Å². The molecule has 3 aromatic rings. The Bertz CT molecular complexity index is 1090. The summed E-state index contributed by atoms with van der Waals surface area (Å²) < 4.78 is 23.9. The molecule has 0 spiro atoms. The highest BCUT2D eigenvalue weighted by atomic mass is 19.1. The number of furan rings is 1. The highest BCUT2D eigenvalue weighted by molar-refractivity contribution is 6.51. The third kappa shape index (κ3) is 3.16. The van der Waals surface area contributed by atoms with Crippen molar-refractivity contribution < 1.29 is 28.2 Å². The number of benzene rings is 2. The molecule has 4 rings (SSSR count). The van der Waals surface area contributed by atoms with Crippen LogP contribution in [-0.2, 0) is 9.59 Å². The Hall–Kier alpha value is -3.87. The number of carbonyl (C=O) groups is 2. The Morgan fingerprint density at radius 1 is 1.07 bits per heavy atom. The first-order chi connectivity index (χ1) is 14.0. The number of aliphatic hydroxyl groups is 1.